The van der Waals surface area contributed by atoms with E-state index in [4.69, 9.17) is 10.5 Å². The lowest BCUT2D eigenvalue weighted by Gasteiger charge is -2.32. The highest BCUT2D eigenvalue weighted by Gasteiger charge is 2.36. The first-order valence-electron chi connectivity index (χ1n) is 7.59. The maximum atomic E-state index is 12.4. The predicted octanol–water partition coefficient (Wildman–Crippen LogP) is 2.70. The summed E-state index contributed by atoms with van der Waals surface area (Å²) in [7, 11) is 0. The molecule has 0 spiro atoms. The van der Waals surface area contributed by atoms with Gasteiger partial charge in [-0.3, -0.25) is 4.79 Å². The third-order valence-corrected chi connectivity index (χ3v) is 5.09. The quantitative estimate of drug-likeness (QED) is 0.839. The Morgan fingerprint density at radius 3 is 2.71 bits per heavy atom. The fraction of sp³-hybridized carbons (Fsp3) is 0.500. The number of nitrogens with one attached hydrogen (secondary N) is 1. The Bertz CT molecular complexity index is 641. The van der Waals surface area contributed by atoms with Gasteiger partial charge in [-0.1, -0.05) is 12.1 Å². The number of para-hydroxylation sites is 1. The Hall–Kier alpha value is -0.920. The number of nitrogens with two attached hydrogens (primary N) is 1. The van der Waals surface area contributed by atoms with E-state index in [1.54, 1.807) is 11.3 Å². The number of aromatic nitrogens is 1. The molecule has 2 heterocycles. The summed E-state index contributed by atoms with van der Waals surface area (Å²) in [4.78, 5) is 17.0. The summed E-state index contributed by atoms with van der Waals surface area (Å²) >= 11 is 1.67. The SMILES string of the molecule is CC(Cc1nc2ccccc2s1)NC(=O)C1(N)CCOCC1.Cl.Cl. The number of fused-ring (bicyclic) bond motifs is 1. The molecule has 1 amide bonds. The molecule has 1 aliphatic rings. The van der Waals surface area contributed by atoms with Crippen molar-refractivity contribution in [1.29, 1.82) is 0 Å². The van der Waals surface area contributed by atoms with Crippen molar-refractivity contribution in [2.75, 3.05) is 13.2 Å². The van der Waals surface area contributed by atoms with Crippen LogP contribution in [0.3, 0.4) is 0 Å². The van der Waals surface area contributed by atoms with E-state index in [1.165, 1.54) is 4.70 Å². The lowest BCUT2D eigenvalue weighted by Crippen LogP contribution is -2.58. The van der Waals surface area contributed by atoms with Crippen LogP contribution in [0.1, 0.15) is 24.8 Å². The fourth-order valence-electron chi connectivity index (χ4n) is 2.65. The van der Waals surface area contributed by atoms with E-state index in [1.807, 2.05) is 25.1 Å². The number of amides is 1. The van der Waals surface area contributed by atoms with Crippen LogP contribution in [0.15, 0.2) is 24.3 Å². The predicted molar refractivity (Wildman–Crippen MR) is 102 cm³/mol. The number of hydrogen-bond donors (Lipinski definition) is 2. The second-order valence-electron chi connectivity index (χ2n) is 5.92. The molecule has 24 heavy (non-hydrogen) atoms. The lowest BCUT2D eigenvalue weighted by atomic mass is 9.90. The van der Waals surface area contributed by atoms with Crippen LogP contribution >= 0.6 is 36.2 Å². The van der Waals surface area contributed by atoms with Gasteiger partial charge in [0.1, 0.15) is 0 Å². The van der Waals surface area contributed by atoms with Crippen LogP contribution in [0.2, 0.25) is 0 Å². The molecule has 0 aliphatic carbocycles. The molecule has 1 saturated heterocycles. The first-order chi connectivity index (χ1) is 10.6. The summed E-state index contributed by atoms with van der Waals surface area (Å²) in [5.74, 6) is -0.0792. The zero-order valence-corrected chi connectivity index (χ0v) is 15.9. The van der Waals surface area contributed by atoms with Crippen LogP contribution in [0, 0.1) is 0 Å². The molecule has 1 fully saturated rings. The Labute approximate surface area is 158 Å². The van der Waals surface area contributed by atoms with Gasteiger partial charge in [0.2, 0.25) is 5.91 Å². The number of benzene rings is 1. The van der Waals surface area contributed by atoms with Gasteiger partial charge in [-0.2, -0.15) is 0 Å². The van der Waals surface area contributed by atoms with Crippen molar-refractivity contribution in [1.82, 2.24) is 10.3 Å². The largest absolute Gasteiger partial charge is 0.381 e. The molecule has 3 N–H and O–H groups in total. The van der Waals surface area contributed by atoms with Gasteiger partial charge < -0.3 is 15.8 Å². The molecule has 1 aromatic carbocycles. The van der Waals surface area contributed by atoms with Crippen molar-refractivity contribution in [3.63, 3.8) is 0 Å². The van der Waals surface area contributed by atoms with Gasteiger partial charge in [0.25, 0.3) is 0 Å². The molecule has 8 heteroatoms. The normalized spacial score (nSPS) is 17.4. The minimum Gasteiger partial charge on any atom is -0.381 e. The first kappa shape index (κ1) is 21.1. The van der Waals surface area contributed by atoms with Gasteiger partial charge in [-0.25, -0.2) is 4.98 Å². The standard InChI is InChI=1S/C16H21N3O2S.2ClH/c1-11(18-15(20)16(17)6-8-21-9-7-16)10-14-19-12-4-2-3-5-13(12)22-14;;/h2-5,11H,6-10,17H2,1H3,(H,18,20);2*1H. The van der Waals surface area contributed by atoms with Gasteiger partial charge in [0, 0.05) is 25.7 Å². The molecule has 0 bridgehead atoms. The number of ether oxygens (including phenoxy) is 1. The van der Waals surface area contributed by atoms with Crippen molar-refractivity contribution in [2.45, 2.75) is 37.8 Å². The Morgan fingerprint density at radius 1 is 1.38 bits per heavy atom. The summed E-state index contributed by atoms with van der Waals surface area (Å²) in [5, 5.41) is 4.06. The number of carbonyl (C=O) groups is 1. The monoisotopic (exact) mass is 391 g/mol. The minimum atomic E-state index is -0.792. The number of hydrogen-bond acceptors (Lipinski definition) is 5. The number of carbonyl (C=O) groups excluding carboxylic acids is 1. The second-order valence-corrected chi connectivity index (χ2v) is 7.04. The van der Waals surface area contributed by atoms with Crippen LogP contribution in [-0.2, 0) is 16.0 Å². The lowest BCUT2D eigenvalue weighted by molar-refractivity contribution is -0.130. The topological polar surface area (TPSA) is 77.2 Å². The van der Waals surface area contributed by atoms with Crippen LogP contribution in [0.4, 0.5) is 0 Å². The van der Waals surface area contributed by atoms with E-state index in [0.717, 1.165) is 16.9 Å². The molecule has 1 unspecified atom stereocenters. The number of thiazole rings is 1. The maximum Gasteiger partial charge on any atom is 0.240 e. The molecule has 2 aromatic rings. The maximum absolute atomic E-state index is 12.4. The molecule has 1 aromatic heterocycles. The van der Waals surface area contributed by atoms with Crippen molar-refractivity contribution in [3.8, 4) is 0 Å². The van der Waals surface area contributed by atoms with Crippen LogP contribution in [-0.4, -0.2) is 35.7 Å². The highest BCUT2D eigenvalue weighted by Crippen LogP contribution is 2.23. The van der Waals surface area contributed by atoms with Crippen molar-refractivity contribution < 1.29 is 9.53 Å². The first-order valence-corrected chi connectivity index (χ1v) is 8.40. The van der Waals surface area contributed by atoms with Gasteiger partial charge in [0.15, 0.2) is 0 Å². The van der Waals surface area contributed by atoms with Crippen molar-refractivity contribution in [3.05, 3.63) is 29.3 Å². The molecule has 134 valence electrons. The molecular formula is C16H23Cl2N3O2S. The Balaban J connectivity index is 0.00000144. The Morgan fingerprint density at radius 2 is 2.04 bits per heavy atom. The highest BCUT2D eigenvalue weighted by molar-refractivity contribution is 7.18. The molecule has 5 nitrogen and oxygen atoms in total. The molecule has 0 radical (unpaired) electrons. The summed E-state index contributed by atoms with van der Waals surface area (Å²) < 4.78 is 6.46. The van der Waals surface area contributed by atoms with E-state index >= 15 is 0 Å². The van der Waals surface area contributed by atoms with Gasteiger partial charge in [-0.15, -0.1) is 36.2 Å². The summed E-state index contributed by atoms with van der Waals surface area (Å²) in [6, 6.07) is 8.09. The minimum absolute atomic E-state index is 0. The number of halogens is 2. The van der Waals surface area contributed by atoms with Crippen molar-refractivity contribution in [2.24, 2.45) is 5.73 Å². The van der Waals surface area contributed by atoms with Gasteiger partial charge in [-0.05, 0) is 31.9 Å². The van der Waals surface area contributed by atoms with E-state index in [-0.39, 0.29) is 36.8 Å². The molecule has 0 saturated carbocycles. The van der Waals surface area contributed by atoms with Crippen LogP contribution in [0.25, 0.3) is 10.2 Å². The smallest absolute Gasteiger partial charge is 0.240 e. The summed E-state index contributed by atoms with van der Waals surface area (Å²) in [6.45, 7) is 3.10. The van der Waals surface area contributed by atoms with E-state index in [2.05, 4.69) is 16.4 Å². The Kier molecular flexibility index (Phi) is 7.89. The second kappa shape index (κ2) is 8.97. The van der Waals surface area contributed by atoms with Gasteiger partial charge in [0.05, 0.1) is 20.8 Å². The average molecular weight is 392 g/mol. The average Bonchev–Trinajstić information content (AvgIpc) is 2.89. The van der Waals surface area contributed by atoms with E-state index in [0.29, 0.717) is 26.1 Å². The molecule has 1 atom stereocenters. The van der Waals surface area contributed by atoms with Gasteiger partial charge >= 0.3 is 0 Å². The zero-order chi connectivity index (χ0) is 15.6. The molecule has 1 aliphatic heterocycles. The zero-order valence-electron chi connectivity index (χ0n) is 13.5. The summed E-state index contributed by atoms with van der Waals surface area (Å²) in [5.41, 5.74) is 6.42. The third-order valence-electron chi connectivity index (χ3n) is 4.03. The molecular weight excluding hydrogens is 369 g/mol. The number of nitrogens with zero attached hydrogens (tertiary/aromatic N) is 1. The van der Waals surface area contributed by atoms with Crippen LogP contribution < -0.4 is 11.1 Å². The number of rotatable bonds is 4. The highest BCUT2D eigenvalue weighted by atomic mass is 35.5. The third kappa shape index (κ3) is 4.80. The molecule has 3 rings (SSSR count). The fourth-order valence-corrected chi connectivity index (χ4v) is 3.75. The van der Waals surface area contributed by atoms with E-state index in [9.17, 15) is 4.79 Å². The van der Waals surface area contributed by atoms with E-state index < -0.39 is 5.54 Å². The van der Waals surface area contributed by atoms with Crippen LogP contribution in [0.5, 0.6) is 0 Å². The van der Waals surface area contributed by atoms with Crippen molar-refractivity contribution >= 4 is 52.3 Å². The summed E-state index contributed by atoms with van der Waals surface area (Å²) in [6.07, 6.45) is 1.87.